The molecule has 0 atom stereocenters. The fourth-order valence-corrected chi connectivity index (χ4v) is 4.32. The average Bonchev–Trinajstić information content (AvgIpc) is 2.79. The minimum atomic E-state index is -1.31. The summed E-state index contributed by atoms with van der Waals surface area (Å²) in [4.78, 5) is 0. The van der Waals surface area contributed by atoms with Crippen molar-refractivity contribution >= 4 is 24.2 Å². The van der Waals surface area contributed by atoms with Crippen molar-refractivity contribution in [1.82, 2.24) is 4.57 Å². The van der Waals surface area contributed by atoms with Gasteiger partial charge in [-0.2, -0.15) is 0 Å². The Hall–Kier alpha value is -1.80. The first kappa shape index (κ1) is 13.2. The second-order valence-corrected chi connectivity index (χ2v) is 11.5. The molecule has 0 aliphatic heterocycles. The van der Waals surface area contributed by atoms with Gasteiger partial charge in [-0.05, 0) is 22.2 Å². The highest BCUT2D eigenvalue weighted by Gasteiger charge is 2.21. The SMILES string of the molecule is C[Si](C)(C)c1cn(Cc2ccccc2)c2ccccc12. The molecule has 0 bridgehead atoms. The predicted octanol–water partition coefficient (Wildman–Crippen LogP) is 4.23. The molecule has 102 valence electrons. The maximum Gasteiger partial charge on any atom is 0.0804 e. The molecule has 20 heavy (non-hydrogen) atoms. The zero-order valence-corrected chi connectivity index (χ0v) is 13.4. The third kappa shape index (κ3) is 2.43. The molecule has 2 aromatic carbocycles. The lowest BCUT2D eigenvalue weighted by Crippen LogP contribution is -2.37. The van der Waals surface area contributed by atoms with Crippen LogP contribution in [0, 0.1) is 0 Å². The van der Waals surface area contributed by atoms with Gasteiger partial charge in [-0.3, -0.25) is 0 Å². The maximum atomic E-state index is 2.42. The number of aromatic nitrogens is 1. The van der Waals surface area contributed by atoms with Gasteiger partial charge in [0.25, 0.3) is 0 Å². The molecular formula is C18H21NSi. The summed E-state index contributed by atoms with van der Waals surface area (Å²) in [5.74, 6) is 0. The van der Waals surface area contributed by atoms with E-state index in [0.717, 1.165) is 6.54 Å². The van der Waals surface area contributed by atoms with Gasteiger partial charge in [-0.1, -0.05) is 68.2 Å². The Balaban J connectivity index is 2.12. The summed E-state index contributed by atoms with van der Waals surface area (Å²) in [7, 11) is -1.31. The molecule has 3 rings (SSSR count). The summed E-state index contributed by atoms with van der Waals surface area (Å²) in [6, 6.07) is 19.5. The van der Waals surface area contributed by atoms with E-state index in [2.05, 4.69) is 85.0 Å². The van der Waals surface area contributed by atoms with E-state index >= 15 is 0 Å². The van der Waals surface area contributed by atoms with Crippen LogP contribution in [0.5, 0.6) is 0 Å². The Labute approximate surface area is 121 Å². The number of fused-ring (bicyclic) bond motifs is 1. The van der Waals surface area contributed by atoms with Crippen molar-refractivity contribution in [2.75, 3.05) is 0 Å². The van der Waals surface area contributed by atoms with E-state index in [4.69, 9.17) is 0 Å². The number of rotatable bonds is 3. The van der Waals surface area contributed by atoms with Crippen LogP contribution in [0.1, 0.15) is 5.56 Å². The van der Waals surface area contributed by atoms with Crippen LogP contribution in [0.3, 0.4) is 0 Å². The summed E-state index contributed by atoms with van der Waals surface area (Å²) in [5.41, 5.74) is 2.71. The minimum absolute atomic E-state index is 0.950. The number of hydrogen-bond donors (Lipinski definition) is 0. The molecule has 0 spiro atoms. The lowest BCUT2D eigenvalue weighted by molar-refractivity contribution is 0.838. The molecule has 1 aromatic heterocycles. The quantitative estimate of drug-likeness (QED) is 0.632. The Morgan fingerprint density at radius 2 is 1.50 bits per heavy atom. The van der Waals surface area contributed by atoms with Crippen molar-refractivity contribution in [2.45, 2.75) is 26.2 Å². The Morgan fingerprint density at radius 1 is 0.850 bits per heavy atom. The van der Waals surface area contributed by atoms with E-state index in [1.165, 1.54) is 16.5 Å². The standard InChI is InChI=1S/C18H21NSi/c1-20(2,3)18-14-19(13-15-9-5-4-6-10-15)17-12-8-7-11-16(17)18/h4-12,14H,13H2,1-3H3. The zero-order chi connectivity index (χ0) is 14.2. The summed E-state index contributed by atoms with van der Waals surface area (Å²) in [5, 5.41) is 2.99. The predicted molar refractivity (Wildman–Crippen MR) is 90.5 cm³/mol. The number of nitrogens with zero attached hydrogens (tertiary/aromatic N) is 1. The van der Waals surface area contributed by atoms with Crippen molar-refractivity contribution in [3.63, 3.8) is 0 Å². The highest BCUT2D eigenvalue weighted by Crippen LogP contribution is 2.19. The molecule has 0 N–H and O–H groups in total. The van der Waals surface area contributed by atoms with Crippen molar-refractivity contribution in [3.05, 3.63) is 66.4 Å². The average molecular weight is 279 g/mol. The van der Waals surface area contributed by atoms with Crippen molar-refractivity contribution in [2.24, 2.45) is 0 Å². The molecule has 2 heteroatoms. The normalized spacial score (nSPS) is 11.9. The van der Waals surface area contributed by atoms with Crippen LogP contribution in [-0.2, 0) is 6.54 Å². The molecular weight excluding hydrogens is 258 g/mol. The Morgan fingerprint density at radius 3 is 2.20 bits per heavy atom. The van der Waals surface area contributed by atoms with E-state index in [1.54, 1.807) is 5.19 Å². The molecule has 0 unspecified atom stereocenters. The van der Waals surface area contributed by atoms with Gasteiger partial charge in [0.05, 0.1) is 8.07 Å². The maximum absolute atomic E-state index is 2.42. The van der Waals surface area contributed by atoms with Gasteiger partial charge in [0, 0.05) is 18.3 Å². The van der Waals surface area contributed by atoms with Crippen LogP contribution in [-0.4, -0.2) is 12.6 Å². The number of para-hydroxylation sites is 1. The lowest BCUT2D eigenvalue weighted by atomic mass is 10.2. The molecule has 0 saturated carbocycles. The monoisotopic (exact) mass is 279 g/mol. The topological polar surface area (TPSA) is 4.93 Å². The van der Waals surface area contributed by atoms with Gasteiger partial charge < -0.3 is 4.57 Å². The summed E-state index contributed by atoms with van der Waals surface area (Å²) in [6.07, 6.45) is 2.38. The van der Waals surface area contributed by atoms with Crippen molar-refractivity contribution < 1.29 is 0 Å². The summed E-state index contributed by atoms with van der Waals surface area (Å²) < 4.78 is 2.40. The molecule has 0 saturated heterocycles. The highest BCUT2D eigenvalue weighted by atomic mass is 28.3. The first-order valence-electron chi connectivity index (χ1n) is 7.18. The second-order valence-electron chi connectivity index (χ2n) is 6.42. The number of hydrogen-bond acceptors (Lipinski definition) is 0. The molecule has 0 amide bonds. The van der Waals surface area contributed by atoms with Crippen LogP contribution in [0.25, 0.3) is 10.9 Å². The van der Waals surface area contributed by atoms with E-state index in [1.807, 2.05) is 0 Å². The van der Waals surface area contributed by atoms with Gasteiger partial charge in [-0.25, -0.2) is 0 Å². The Bertz CT molecular complexity index is 720. The third-order valence-electron chi connectivity index (χ3n) is 3.79. The van der Waals surface area contributed by atoms with Gasteiger partial charge in [-0.15, -0.1) is 0 Å². The van der Waals surface area contributed by atoms with Gasteiger partial charge >= 0.3 is 0 Å². The van der Waals surface area contributed by atoms with Crippen LogP contribution in [0.15, 0.2) is 60.8 Å². The first-order chi connectivity index (χ1) is 9.55. The van der Waals surface area contributed by atoms with E-state index in [9.17, 15) is 0 Å². The van der Waals surface area contributed by atoms with E-state index in [0.29, 0.717) is 0 Å². The zero-order valence-electron chi connectivity index (χ0n) is 12.4. The van der Waals surface area contributed by atoms with Gasteiger partial charge in [0.2, 0.25) is 0 Å². The summed E-state index contributed by atoms with van der Waals surface area (Å²) in [6.45, 7) is 8.21. The first-order valence-corrected chi connectivity index (χ1v) is 10.7. The molecule has 0 aliphatic rings. The van der Waals surface area contributed by atoms with Crippen molar-refractivity contribution in [1.29, 1.82) is 0 Å². The van der Waals surface area contributed by atoms with Crippen LogP contribution in [0.2, 0.25) is 19.6 Å². The molecule has 0 radical (unpaired) electrons. The van der Waals surface area contributed by atoms with Crippen LogP contribution < -0.4 is 5.19 Å². The molecule has 0 aliphatic carbocycles. The third-order valence-corrected chi connectivity index (χ3v) is 5.81. The largest absolute Gasteiger partial charge is 0.343 e. The highest BCUT2D eigenvalue weighted by molar-refractivity contribution is 6.90. The van der Waals surface area contributed by atoms with Gasteiger partial charge in [0.1, 0.15) is 0 Å². The van der Waals surface area contributed by atoms with E-state index in [-0.39, 0.29) is 0 Å². The van der Waals surface area contributed by atoms with Crippen molar-refractivity contribution in [3.8, 4) is 0 Å². The fraction of sp³-hybridized carbons (Fsp3) is 0.222. The second kappa shape index (κ2) is 4.95. The fourth-order valence-electron chi connectivity index (χ4n) is 2.76. The number of benzene rings is 2. The minimum Gasteiger partial charge on any atom is -0.343 e. The van der Waals surface area contributed by atoms with Gasteiger partial charge in [0.15, 0.2) is 0 Å². The smallest absolute Gasteiger partial charge is 0.0804 e. The van der Waals surface area contributed by atoms with Crippen LogP contribution in [0.4, 0.5) is 0 Å². The lowest BCUT2D eigenvalue weighted by Gasteiger charge is -2.14. The molecule has 3 aromatic rings. The molecule has 1 nitrogen and oxygen atoms in total. The Kier molecular flexibility index (Phi) is 3.26. The summed E-state index contributed by atoms with van der Waals surface area (Å²) >= 11 is 0. The molecule has 0 fully saturated rings. The molecule has 1 heterocycles. The van der Waals surface area contributed by atoms with Crippen LogP contribution >= 0.6 is 0 Å². The van der Waals surface area contributed by atoms with E-state index < -0.39 is 8.07 Å².